The number of rotatable bonds is 2. The minimum atomic E-state index is 0.364. The maximum Gasteiger partial charge on any atom is 0.231 e. The van der Waals surface area contributed by atoms with E-state index in [9.17, 15) is 0 Å². The van der Waals surface area contributed by atoms with Crippen molar-refractivity contribution in [2.75, 3.05) is 19.9 Å². The smallest absolute Gasteiger partial charge is 0.231 e. The molecule has 1 fully saturated rings. The highest BCUT2D eigenvalue weighted by molar-refractivity contribution is 5.48. The second-order valence-corrected chi connectivity index (χ2v) is 4.78. The number of para-hydroxylation sites is 1. The van der Waals surface area contributed by atoms with Crippen LogP contribution in [-0.4, -0.2) is 24.8 Å². The van der Waals surface area contributed by atoms with Crippen LogP contribution >= 0.6 is 0 Å². The van der Waals surface area contributed by atoms with Gasteiger partial charge in [-0.25, -0.2) is 0 Å². The molecule has 86 valence electrons. The molecule has 1 aromatic carbocycles. The van der Waals surface area contributed by atoms with Crippen LogP contribution < -0.4 is 9.47 Å². The highest BCUT2D eigenvalue weighted by Gasteiger charge is 2.22. The zero-order chi connectivity index (χ0) is 11.0. The van der Waals surface area contributed by atoms with Gasteiger partial charge in [-0.15, -0.1) is 0 Å². The molecule has 0 bridgehead atoms. The van der Waals surface area contributed by atoms with Gasteiger partial charge < -0.3 is 9.47 Å². The number of hydrogen-bond acceptors (Lipinski definition) is 3. The Bertz CT molecular complexity index is 392. The van der Waals surface area contributed by atoms with Crippen LogP contribution in [0.4, 0.5) is 0 Å². The van der Waals surface area contributed by atoms with Gasteiger partial charge in [-0.05, 0) is 24.9 Å². The van der Waals surface area contributed by atoms with Gasteiger partial charge in [0.2, 0.25) is 6.79 Å². The second-order valence-electron chi connectivity index (χ2n) is 4.78. The second kappa shape index (κ2) is 3.98. The minimum absolute atomic E-state index is 0.364. The first kappa shape index (κ1) is 9.97. The normalized spacial score (nSPS) is 23.9. The first-order valence-corrected chi connectivity index (χ1v) is 5.93. The third kappa shape index (κ3) is 1.76. The predicted molar refractivity (Wildman–Crippen MR) is 61.6 cm³/mol. The number of fused-ring (bicyclic) bond motifs is 1. The summed E-state index contributed by atoms with van der Waals surface area (Å²) in [5, 5.41) is 0. The van der Waals surface area contributed by atoms with Crippen LogP contribution in [-0.2, 0) is 6.54 Å². The van der Waals surface area contributed by atoms with Crippen molar-refractivity contribution in [1.82, 2.24) is 4.90 Å². The van der Waals surface area contributed by atoms with Gasteiger partial charge in [0, 0.05) is 18.7 Å². The van der Waals surface area contributed by atoms with Gasteiger partial charge in [0.1, 0.15) is 0 Å². The average molecular weight is 219 g/mol. The van der Waals surface area contributed by atoms with E-state index in [4.69, 9.17) is 9.47 Å². The molecule has 1 unspecified atom stereocenters. The molecule has 16 heavy (non-hydrogen) atoms. The van der Waals surface area contributed by atoms with Crippen LogP contribution in [0.1, 0.15) is 18.9 Å². The molecule has 0 saturated carbocycles. The van der Waals surface area contributed by atoms with Crippen molar-refractivity contribution in [3.63, 3.8) is 0 Å². The van der Waals surface area contributed by atoms with Crippen molar-refractivity contribution < 1.29 is 9.47 Å². The zero-order valence-electron chi connectivity index (χ0n) is 9.61. The Morgan fingerprint density at radius 3 is 3.12 bits per heavy atom. The lowest BCUT2D eigenvalue weighted by Crippen LogP contribution is -2.19. The van der Waals surface area contributed by atoms with E-state index < -0.39 is 0 Å². The average Bonchev–Trinajstić information content (AvgIpc) is 2.87. The van der Waals surface area contributed by atoms with E-state index in [-0.39, 0.29) is 0 Å². The third-order valence-electron chi connectivity index (χ3n) is 3.38. The molecule has 0 spiro atoms. The fourth-order valence-electron chi connectivity index (χ4n) is 2.53. The quantitative estimate of drug-likeness (QED) is 0.761. The van der Waals surface area contributed by atoms with Crippen LogP contribution in [0.25, 0.3) is 0 Å². The number of benzene rings is 1. The molecule has 0 N–H and O–H groups in total. The Balaban J connectivity index is 1.77. The van der Waals surface area contributed by atoms with Crippen molar-refractivity contribution >= 4 is 0 Å². The van der Waals surface area contributed by atoms with Gasteiger partial charge >= 0.3 is 0 Å². The molecular formula is C13H17NO2. The number of hydrogen-bond donors (Lipinski definition) is 0. The standard InChI is InChI=1S/C13H17NO2/c1-10-5-6-14(7-10)8-11-3-2-4-12-13(11)16-9-15-12/h2-4,10H,5-9H2,1H3. The molecule has 3 nitrogen and oxygen atoms in total. The summed E-state index contributed by atoms with van der Waals surface area (Å²) in [4.78, 5) is 2.49. The van der Waals surface area contributed by atoms with Gasteiger partial charge in [-0.1, -0.05) is 19.1 Å². The topological polar surface area (TPSA) is 21.7 Å². The first-order valence-electron chi connectivity index (χ1n) is 5.93. The summed E-state index contributed by atoms with van der Waals surface area (Å²) >= 11 is 0. The molecule has 2 aliphatic rings. The zero-order valence-corrected chi connectivity index (χ0v) is 9.61. The Kier molecular flexibility index (Phi) is 2.48. The van der Waals surface area contributed by atoms with E-state index in [1.165, 1.54) is 25.1 Å². The Hall–Kier alpha value is -1.22. The van der Waals surface area contributed by atoms with Crippen LogP contribution in [0.5, 0.6) is 11.5 Å². The molecule has 0 radical (unpaired) electrons. The lowest BCUT2D eigenvalue weighted by atomic mass is 10.1. The van der Waals surface area contributed by atoms with Crippen LogP contribution in [0.15, 0.2) is 18.2 Å². The van der Waals surface area contributed by atoms with E-state index in [0.717, 1.165) is 24.0 Å². The molecule has 2 heterocycles. The molecule has 3 rings (SSSR count). The van der Waals surface area contributed by atoms with E-state index in [0.29, 0.717) is 6.79 Å². The highest BCUT2D eigenvalue weighted by atomic mass is 16.7. The number of nitrogens with zero attached hydrogens (tertiary/aromatic N) is 1. The third-order valence-corrected chi connectivity index (χ3v) is 3.38. The lowest BCUT2D eigenvalue weighted by Gasteiger charge is -2.16. The Morgan fingerprint density at radius 1 is 1.38 bits per heavy atom. The van der Waals surface area contributed by atoms with Gasteiger partial charge in [0.05, 0.1) is 0 Å². The van der Waals surface area contributed by atoms with Gasteiger partial charge in [-0.3, -0.25) is 4.90 Å². The molecule has 2 aliphatic heterocycles. The van der Waals surface area contributed by atoms with Crippen LogP contribution in [0.3, 0.4) is 0 Å². The monoisotopic (exact) mass is 219 g/mol. The van der Waals surface area contributed by atoms with Crippen molar-refractivity contribution in [1.29, 1.82) is 0 Å². The summed E-state index contributed by atoms with van der Waals surface area (Å²) in [5.41, 5.74) is 1.25. The number of ether oxygens (including phenoxy) is 2. The molecule has 3 heteroatoms. The highest BCUT2D eigenvalue weighted by Crippen LogP contribution is 2.36. The fraction of sp³-hybridized carbons (Fsp3) is 0.538. The van der Waals surface area contributed by atoms with Gasteiger partial charge in [0.15, 0.2) is 11.5 Å². The summed E-state index contributed by atoms with van der Waals surface area (Å²) in [6.45, 7) is 6.06. The molecule has 1 atom stereocenters. The van der Waals surface area contributed by atoms with Gasteiger partial charge in [0.25, 0.3) is 0 Å². The molecule has 1 aromatic rings. The largest absolute Gasteiger partial charge is 0.454 e. The van der Waals surface area contributed by atoms with Crippen molar-refractivity contribution in [3.05, 3.63) is 23.8 Å². The molecule has 0 aromatic heterocycles. The Labute approximate surface area is 96.0 Å². The minimum Gasteiger partial charge on any atom is -0.454 e. The molecule has 0 amide bonds. The van der Waals surface area contributed by atoms with E-state index in [1.54, 1.807) is 0 Å². The summed E-state index contributed by atoms with van der Waals surface area (Å²) in [5.74, 6) is 2.67. The first-order chi connectivity index (χ1) is 7.83. The molecule has 0 aliphatic carbocycles. The van der Waals surface area contributed by atoms with Crippen LogP contribution in [0.2, 0.25) is 0 Å². The summed E-state index contributed by atoms with van der Waals surface area (Å²) in [7, 11) is 0. The predicted octanol–water partition coefficient (Wildman–Crippen LogP) is 2.26. The molecule has 1 saturated heterocycles. The Morgan fingerprint density at radius 2 is 2.31 bits per heavy atom. The van der Waals surface area contributed by atoms with Crippen molar-refractivity contribution in [3.8, 4) is 11.5 Å². The maximum atomic E-state index is 5.52. The summed E-state index contributed by atoms with van der Waals surface area (Å²) in [6, 6.07) is 6.15. The number of likely N-dealkylation sites (tertiary alicyclic amines) is 1. The van der Waals surface area contributed by atoms with Gasteiger partial charge in [-0.2, -0.15) is 0 Å². The maximum absolute atomic E-state index is 5.52. The molecular weight excluding hydrogens is 202 g/mol. The lowest BCUT2D eigenvalue weighted by molar-refractivity contribution is 0.172. The van der Waals surface area contributed by atoms with E-state index >= 15 is 0 Å². The summed E-state index contributed by atoms with van der Waals surface area (Å²) in [6.07, 6.45) is 1.31. The fourth-order valence-corrected chi connectivity index (χ4v) is 2.53. The van der Waals surface area contributed by atoms with E-state index in [1.807, 2.05) is 12.1 Å². The van der Waals surface area contributed by atoms with E-state index in [2.05, 4.69) is 17.9 Å². The van der Waals surface area contributed by atoms with Crippen molar-refractivity contribution in [2.24, 2.45) is 5.92 Å². The van der Waals surface area contributed by atoms with Crippen LogP contribution in [0, 0.1) is 5.92 Å². The SMILES string of the molecule is CC1CCN(Cc2cccc3c2OCO3)C1. The van der Waals surface area contributed by atoms with Crippen molar-refractivity contribution in [2.45, 2.75) is 19.9 Å². The summed E-state index contributed by atoms with van der Waals surface area (Å²) < 4.78 is 10.9.